The SMILES string of the molecule is Nc1cc(Br)cnc1Oc1cc(Cl)ccc1Cl. The van der Waals surface area contributed by atoms with Crippen LogP contribution in [0.3, 0.4) is 0 Å². The highest BCUT2D eigenvalue weighted by molar-refractivity contribution is 9.10. The zero-order valence-electron chi connectivity index (χ0n) is 8.45. The number of anilines is 1. The lowest BCUT2D eigenvalue weighted by Gasteiger charge is -2.09. The number of nitrogen functional groups attached to an aromatic ring is 1. The number of hydrogen-bond donors (Lipinski definition) is 1. The third-order valence-corrected chi connectivity index (χ3v) is 2.93. The molecule has 0 fully saturated rings. The number of aromatic nitrogens is 1. The summed E-state index contributed by atoms with van der Waals surface area (Å²) in [6.07, 6.45) is 1.59. The van der Waals surface area contributed by atoms with Crippen LogP contribution in [0.1, 0.15) is 0 Å². The minimum absolute atomic E-state index is 0.289. The average Bonchev–Trinajstić information content (AvgIpc) is 2.27. The summed E-state index contributed by atoms with van der Waals surface area (Å²) < 4.78 is 6.28. The molecule has 0 aliphatic carbocycles. The van der Waals surface area contributed by atoms with Gasteiger partial charge in [-0.3, -0.25) is 0 Å². The van der Waals surface area contributed by atoms with Crippen LogP contribution in [0.4, 0.5) is 5.69 Å². The van der Waals surface area contributed by atoms with Gasteiger partial charge in [0, 0.05) is 21.8 Å². The molecule has 6 heteroatoms. The van der Waals surface area contributed by atoms with Gasteiger partial charge in [0.25, 0.3) is 0 Å². The summed E-state index contributed by atoms with van der Waals surface area (Å²) in [5, 5.41) is 0.971. The van der Waals surface area contributed by atoms with Gasteiger partial charge in [0.15, 0.2) is 0 Å². The Hall–Kier alpha value is -0.970. The molecule has 0 bridgehead atoms. The zero-order chi connectivity index (χ0) is 12.4. The van der Waals surface area contributed by atoms with Crippen LogP contribution in [-0.2, 0) is 0 Å². The number of nitrogens with two attached hydrogens (primary N) is 1. The normalized spacial score (nSPS) is 10.3. The maximum atomic E-state index is 5.97. The third-order valence-electron chi connectivity index (χ3n) is 1.95. The van der Waals surface area contributed by atoms with Gasteiger partial charge in [0.1, 0.15) is 5.75 Å². The Bertz CT molecular complexity index is 563. The van der Waals surface area contributed by atoms with Crippen LogP contribution in [0.2, 0.25) is 10.0 Å². The van der Waals surface area contributed by atoms with E-state index in [9.17, 15) is 0 Å². The van der Waals surface area contributed by atoms with E-state index in [2.05, 4.69) is 20.9 Å². The van der Waals surface area contributed by atoms with Gasteiger partial charge in [-0.2, -0.15) is 0 Å². The van der Waals surface area contributed by atoms with E-state index in [4.69, 9.17) is 33.7 Å². The van der Waals surface area contributed by atoms with Crippen molar-refractivity contribution in [2.45, 2.75) is 0 Å². The number of nitrogens with zero attached hydrogens (tertiary/aromatic N) is 1. The number of benzene rings is 1. The molecular weight excluding hydrogens is 327 g/mol. The molecule has 0 spiro atoms. The molecule has 0 saturated carbocycles. The highest BCUT2D eigenvalue weighted by Crippen LogP contribution is 2.33. The molecule has 0 unspecified atom stereocenters. The summed E-state index contributed by atoms with van der Waals surface area (Å²) in [5.74, 6) is 0.707. The van der Waals surface area contributed by atoms with Gasteiger partial charge in [0.2, 0.25) is 5.88 Å². The molecule has 1 heterocycles. The van der Waals surface area contributed by atoms with E-state index in [-0.39, 0.29) is 5.88 Å². The molecule has 0 aliphatic heterocycles. The van der Waals surface area contributed by atoms with Gasteiger partial charge in [-0.15, -0.1) is 0 Å². The van der Waals surface area contributed by atoms with E-state index in [1.807, 2.05) is 0 Å². The lowest BCUT2D eigenvalue weighted by atomic mass is 10.3. The maximum Gasteiger partial charge on any atom is 0.242 e. The van der Waals surface area contributed by atoms with Gasteiger partial charge >= 0.3 is 0 Å². The van der Waals surface area contributed by atoms with Crippen molar-refractivity contribution in [3.63, 3.8) is 0 Å². The van der Waals surface area contributed by atoms with E-state index in [1.165, 1.54) is 0 Å². The number of halogens is 3. The van der Waals surface area contributed by atoms with E-state index in [1.54, 1.807) is 30.5 Å². The molecule has 17 heavy (non-hydrogen) atoms. The van der Waals surface area contributed by atoms with Gasteiger partial charge in [-0.05, 0) is 34.1 Å². The lowest BCUT2D eigenvalue weighted by Crippen LogP contribution is -1.95. The fraction of sp³-hybridized carbons (Fsp3) is 0. The summed E-state index contributed by atoms with van der Waals surface area (Å²) in [6.45, 7) is 0. The Kier molecular flexibility index (Phi) is 3.76. The fourth-order valence-electron chi connectivity index (χ4n) is 1.19. The van der Waals surface area contributed by atoms with Crippen LogP contribution in [0.5, 0.6) is 11.6 Å². The first kappa shape index (κ1) is 12.5. The summed E-state index contributed by atoms with van der Waals surface area (Å²) in [7, 11) is 0. The first-order valence-electron chi connectivity index (χ1n) is 4.60. The van der Waals surface area contributed by atoms with Crippen LogP contribution in [-0.4, -0.2) is 4.98 Å². The summed E-state index contributed by atoms with van der Waals surface area (Å²) in [4.78, 5) is 4.05. The van der Waals surface area contributed by atoms with Crippen molar-refractivity contribution < 1.29 is 4.74 Å². The molecule has 3 nitrogen and oxygen atoms in total. The molecule has 88 valence electrons. The minimum Gasteiger partial charge on any atom is -0.435 e. The van der Waals surface area contributed by atoms with E-state index >= 15 is 0 Å². The van der Waals surface area contributed by atoms with Crippen LogP contribution in [0.15, 0.2) is 34.9 Å². The van der Waals surface area contributed by atoms with E-state index < -0.39 is 0 Å². The molecule has 1 aromatic heterocycles. The Balaban J connectivity index is 2.34. The molecule has 1 aromatic carbocycles. The molecule has 0 saturated heterocycles. The molecule has 2 rings (SSSR count). The van der Waals surface area contributed by atoms with Crippen molar-refractivity contribution in [3.05, 3.63) is 45.0 Å². The van der Waals surface area contributed by atoms with Crippen molar-refractivity contribution in [2.75, 3.05) is 5.73 Å². The zero-order valence-corrected chi connectivity index (χ0v) is 11.6. The quantitative estimate of drug-likeness (QED) is 0.878. The van der Waals surface area contributed by atoms with Crippen molar-refractivity contribution in [3.8, 4) is 11.6 Å². The van der Waals surface area contributed by atoms with Crippen molar-refractivity contribution in [1.82, 2.24) is 4.98 Å². The Labute approximate surface area is 117 Å². The van der Waals surface area contributed by atoms with E-state index in [0.29, 0.717) is 21.5 Å². The smallest absolute Gasteiger partial charge is 0.242 e. The number of ether oxygens (including phenoxy) is 1. The maximum absolute atomic E-state index is 5.97. The average molecular weight is 334 g/mol. The van der Waals surface area contributed by atoms with Crippen LogP contribution < -0.4 is 10.5 Å². The topological polar surface area (TPSA) is 48.1 Å². The second-order valence-corrected chi connectivity index (χ2v) is 4.98. The van der Waals surface area contributed by atoms with Crippen molar-refractivity contribution in [2.24, 2.45) is 0 Å². The number of rotatable bonds is 2. The first-order chi connectivity index (χ1) is 8.06. The van der Waals surface area contributed by atoms with Gasteiger partial charge in [-0.25, -0.2) is 4.98 Å². The predicted molar refractivity (Wildman–Crippen MR) is 72.9 cm³/mol. The van der Waals surface area contributed by atoms with Crippen molar-refractivity contribution in [1.29, 1.82) is 0 Å². The van der Waals surface area contributed by atoms with Crippen LogP contribution >= 0.6 is 39.1 Å². The van der Waals surface area contributed by atoms with Crippen LogP contribution in [0.25, 0.3) is 0 Å². The van der Waals surface area contributed by atoms with Crippen molar-refractivity contribution >= 4 is 44.8 Å². The molecule has 0 atom stereocenters. The molecule has 0 radical (unpaired) electrons. The summed E-state index contributed by atoms with van der Waals surface area (Å²) in [5.41, 5.74) is 6.18. The second kappa shape index (κ2) is 5.12. The second-order valence-electron chi connectivity index (χ2n) is 3.22. The highest BCUT2D eigenvalue weighted by Gasteiger charge is 2.08. The molecule has 2 N–H and O–H groups in total. The highest BCUT2D eigenvalue weighted by atomic mass is 79.9. The van der Waals surface area contributed by atoms with Gasteiger partial charge in [0.05, 0.1) is 10.7 Å². The van der Waals surface area contributed by atoms with Gasteiger partial charge < -0.3 is 10.5 Å². The Morgan fingerprint density at radius 2 is 2.00 bits per heavy atom. The molecule has 0 aliphatic rings. The molecular formula is C11H7BrCl2N2O. The van der Waals surface area contributed by atoms with Crippen LogP contribution in [0, 0.1) is 0 Å². The monoisotopic (exact) mass is 332 g/mol. The van der Waals surface area contributed by atoms with Gasteiger partial charge in [-0.1, -0.05) is 23.2 Å². The predicted octanol–water partition coefficient (Wildman–Crippen LogP) is 4.53. The standard InChI is InChI=1S/C11H7BrCl2N2O/c12-6-3-9(15)11(16-5-6)17-10-4-7(13)1-2-8(10)14/h1-5H,15H2. The first-order valence-corrected chi connectivity index (χ1v) is 6.15. The largest absolute Gasteiger partial charge is 0.435 e. The minimum atomic E-state index is 0.289. The summed E-state index contributed by atoms with van der Waals surface area (Å²) >= 11 is 15.1. The Morgan fingerprint density at radius 3 is 2.71 bits per heavy atom. The molecule has 0 amide bonds. The fourth-order valence-corrected chi connectivity index (χ4v) is 1.85. The molecule has 2 aromatic rings. The lowest BCUT2D eigenvalue weighted by molar-refractivity contribution is 0.465. The van der Waals surface area contributed by atoms with E-state index in [0.717, 1.165) is 4.47 Å². The summed E-state index contributed by atoms with van der Waals surface area (Å²) in [6, 6.07) is 6.62. The number of hydrogen-bond acceptors (Lipinski definition) is 3. The number of pyridine rings is 1. The Morgan fingerprint density at radius 1 is 1.24 bits per heavy atom. The third kappa shape index (κ3) is 3.03.